The molecule has 6 heteroatoms. The molecule has 0 radical (unpaired) electrons. The Morgan fingerprint density at radius 2 is 1.91 bits per heavy atom. The summed E-state index contributed by atoms with van der Waals surface area (Å²) in [6, 6.07) is 6.71. The van der Waals surface area contributed by atoms with Gasteiger partial charge in [0.15, 0.2) is 0 Å². The standard InChI is InChI=1S/C16H25N3O2.ClH/c1-4-8-18-15(20)13-7-5-6-12(9-13)10-19-16(21)14(17)11(2)3;/h5-7,9,11,14H,4,8,10,17H2,1-3H3,(H,18,20)(H,19,21);1H/t14-;/m0./s1. The molecule has 4 N–H and O–H groups in total. The molecule has 0 aliphatic heterocycles. The summed E-state index contributed by atoms with van der Waals surface area (Å²) in [5.41, 5.74) is 7.26. The normalized spacial score (nSPS) is 11.5. The van der Waals surface area contributed by atoms with E-state index in [1.165, 1.54) is 0 Å². The third-order valence-electron chi connectivity index (χ3n) is 3.21. The number of hydrogen-bond acceptors (Lipinski definition) is 3. The second-order valence-electron chi connectivity index (χ2n) is 5.44. The minimum atomic E-state index is -0.513. The van der Waals surface area contributed by atoms with Crippen molar-refractivity contribution in [2.45, 2.75) is 39.8 Å². The van der Waals surface area contributed by atoms with Crippen LogP contribution in [0.4, 0.5) is 0 Å². The van der Waals surface area contributed by atoms with Crippen molar-refractivity contribution in [2.75, 3.05) is 6.54 Å². The molecule has 1 rings (SSSR count). The average Bonchev–Trinajstić information content (AvgIpc) is 2.49. The van der Waals surface area contributed by atoms with E-state index in [1.54, 1.807) is 12.1 Å². The molecule has 0 spiro atoms. The maximum Gasteiger partial charge on any atom is 0.251 e. The van der Waals surface area contributed by atoms with Crippen LogP contribution in [0.5, 0.6) is 0 Å². The number of rotatable bonds is 7. The monoisotopic (exact) mass is 327 g/mol. The summed E-state index contributed by atoms with van der Waals surface area (Å²) in [6.07, 6.45) is 0.897. The van der Waals surface area contributed by atoms with E-state index in [4.69, 9.17) is 5.73 Å². The zero-order valence-corrected chi connectivity index (χ0v) is 14.2. The number of carbonyl (C=O) groups is 2. The van der Waals surface area contributed by atoms with Gasteiger partial charge in [0.1, 0.15) is 0 Å². The van der Waals surface area contributed by atoms with Gasteiger partial charge >= 0.3 is 0 Å². The zero-order chi connectivity index (χ0) is 15.8. The molecule has 124 valence electrons. The molecule has 5 nitrogen and oxygen atoms in total. The van der Waals surface area contributed by atoms with E-state index in [0.29, 0.717) is 18.7 Å². The fourth-order valence-electron chi connectivity index (χ4n) is 1.77. The van der Waals surface area contributed by atoms with E-state index in [0.717, 1.165) is 12.0 Å². The summed E-state index contributed by atoms with van der Waals surface area (Å²) in [5, 5.41) is 5.62. The molecule has 0 fully saturated rings. The number of benzene rings is 1. The highest BCUT2D eigenvalue weighted by Crippen LogP contribution is 2.06. The van der Waals surface area contributed by atoms with Crippen LogP contribution in [-0.4, -0.2) is 24.4 Å². The molecular weight excluding hydrogens is 302 g/mol. The van der Waals surface area contributed by atoms with E-state index in [2.05, 4.69) is 10.6 Å². The van der Waals surface area contributed by atoms with Gasteiger partial charge in [0.25, 0.3) is 5.91 Å². The number of nitrogens with two attached hydrogens (primary N) is 1. The fraction of sp³-hybridized carbons (Fsp3) is 0.500. The first-order valence-corrected chi connectivity index (χ1v) is 7.36. The Bertz CT molecular complexity index is 492. The van der Waals surface area contributed by atoms with Crippen molar-refractivity contribution >= 4 is 24.2 Å². The van der Waals surface area contributed by atoms with Crippen molar-refractivity contribution in [1.29, 1.82) is 0 Å². The van der Waals surface area contributed by atoms with Gasteiger partial charge in [0.2, 0.25) is 5.91 Å². The first-order valence-electron chi connectivity index (χ1n) is 7.36. The Hall–Kier alpha value is -1.59. The lowest BCUT2D eigenvalue weighted by atomic mass is 10.0. The maximum atomic E-state index is 11.9. The van der Waals surface area contributed by atoms with E-state index in [9.17, 15) is 9.59 Å². The third kappa shape index (κ3) is 6.45. The predicted octanol–water partition coefficient (Wildman–Crippen LogP) is 1.85. The van der Waals surface area contributed by atoms with Gasteiger partial charge in [-0.05, 0) is 30.0 Å². The van der Waals surface area contributed by atoms with Crippen LogP contribution in [0.3, 0.4) is 0 Å². The lowest BCUT2D eigenvalue weighted by molar-refractivity contribution is -0.123. The molecule has 0 aliphatic carbocycles. The van der Waals surface area contributed by atoms with E-state index in [1.807, 2.05) is 32.9 Å². The molecular formula is C16H26ClN3O2. The summed E-state index contributed by atoms with van der Waals surface area (Å²) >= 11 is 0. The molecule has 2 amide bonds. The smallest absolute Gasteiger partial charge is 0.251 e. The summed E-state index contributed by atoms with van der Waals surface area (Å²) in [5.74, 6) is -0.175. The van der Waals surface area contributed by atoms with Gasteiger partial charge in [-0.3, -0.25) is 9.59 Å². The summed E-state index contributed by atoms with van der Waals surface area (Å²) in [6.45, 7) is 6.84. The Morgan fingerprint density at radius 3 is 2.50 bits per heavy atom. The second-order valence-corrected chi connectivity index (χ2v) is 5.44. The molecule has 0 saturated heterocycles. The van der Waals surface area contributed by atoms with Crippen LogP contribution in [0.1, 0.15) is 43.1 Å². The van der Waals surface area contributed by atoms with Crippen LogP contribution in [0.2, 0.25) is 0 Å². The van der Waals surface area contributed by atoms with Crippen molar-refractivity contribution in [3.63, 3.8) is 0 Å². The van der Waals surface area contributed by atoms with E-state index in [-0.39, 0.29) is 30.1 Å². The van der Waals surface area contributed by atoms with Crippen molar-refractivity contribution in [3.8, 4) is 0 Å². The molecule has 1 atom stereocenters. The van der Waals surface area contributed by atoms with Gasteiger partial charge in [-0.15, -0.1) is 12.4 Å². The van der Waals surface area contributed by atoms with Crippen LogP contribution >= 0.6 is 12.4 Å². The van der Waals surface area contributed by atoms with Crippen LogP contribution in [0.25, 0.3) is 0 Å². The first-order chi connectivity index (χ1) is 9.95. The number of hydrogen-bond donors (Lipinski definition) is 3. The van der Waals surface area contributed by atoms with Crippen molar-refractivity contribution in [1.82, 2.24) is 10.6 Å². The average molecular weight is 328 g/mol. The van der Waals surface area contributed by atoms with Crippen LogP contribution in [0.15, 0.2) is 24.3 Å². The van der Waals surface area contributed by atoms with Gasteiger partial charge in [0.05, 0.1) is 6.04 Å². The largest absolute Gasteiger partial charge is 0.352 e. The summed E-state index contributed by atoms with van der Waals surface area (Å²) in [4.78, 5) is 23.7. The Kier molecular flexibility index (Phi) is 9.45. The first kappa shape index (κ1) is 20.4. The van der Waals surface area contributed by atoms with Crippen molar-refractivity contribution < 1.29 is 9.59 Å². The molecule has 0 aromatic heterocycles. The number of nitrogens with one attached hydrogen (secondary N) is 2. The Labute approximate surface area is 138 Å². The van der Waals surface area contributed by atoms with Crippen LogP contribution in [0, 0.1) is 5.92 Å². The Morgan fingerprint density at radius 1 is 1.23 bits per heavy atom. The van der Waals surface area contributed by atoms with Gasteiger partial charge in [0, 0.05) is 18.7 Å². The highest BCUT2D eigenvalue weighted by Gasteiger charge is 2.16. The van der Waals surface area contributed by atoms with E-state index < -0.39 is 6.04 Å². The lowest BCUT2D eigenvalue weighted by Gasteiger charge is -2.15. The van der Waals surface area contributed by atoms with Gasteiger partial charge in [-0.2, -0.15) is 0 Å². The quantitative estimate of drug-likeness (QED) is 0.714. The zero-order valence-electron chi connectivity index (χ0n) is 13.4. The van der Waals surface area contributed by atoms with Gasteiger partial charge in [-0.1, -0.05) is 32.9 Å². The Balaban J connectivity index is 0.00000441. The third-order valence-corrected chi connectivity index (χ3v) is 3.21. The molecule has 0 heterocycles. The van der Waals surface area contributed by atoms with Gasteiger partial charge < -0.3 is 16.4 Å². The second kappa shape index (κ2) is 10.2. The molecule has 0 aliphatic rings. The predicted molar refractivity (Wildman–Crippen MR) is 91.0 cm³/mol. The maximum absolute atomic E-state index is 11.9. The topological polar surface area (TPSA) is 84.2 Å². The highest BCUT2D eigenvalue weighted by atomic mass is 35.5. The number of halogens is 1. The van der Waals surface area contributed by atoms with Crippen LogP contribution < -0.4 is 16.4 Å². The SMILES string of the molecule is CCCNC(=O)c1cccc(CNC(=O)[C@@H](N)C(C)C)c1.Cl. The highest BCUT2D eigenvalue weighted by molar-refractivity contribution is 5.94. The molecule has 1 aromatic rings. The minimum absolute atomic E-state index is 0. The molecule has 1 aromatic carbocycles. The number of carbonyl (C=O) groups excluding carboxylic acids is 2. The van der Waals surface area contributed by atoms with Crippen LogP contribution in [-0.2, 0) is 11.3 Å². The molecule has 0 saturated carbocycles. The van der Waals surface area contributed by atoms with Crippen molar-refractivity contribution in [3.05, 3.63) is 35.4 Å². The van der Waals surface area contributed by atoms with Crippen molar-refractivity contribution in [2.24, 2.45) is 11.7 Å². The fourth-order valence-corrected chi connectivity index (χ4v) is 1.77. The van der Waals surface area contributed by atoms with E-state index >= 15 is 0 Å². The summed E-state index contributed by atoms with van der Waals surface area (Å²) in [7, 11) is 0. The summed E-state index contributed by atoms with van der Waals surface area (Å²) < 4.78 is 0. The lowest BCUT2D eigenvalue weighted by Crippen LogP contribution is -2.43. The van der Waals surface area contributed by atoms with Gasteiger partial charge in [-0.25, -0.2) is 0 Å². The number of amides is 2. The molecule has 0 unspecified atom stereocenters. The molecule has 22 heavy (non-hydrogen) atoms. The minimum Gasteiger partial charge on any atom is -0.352 e. The molecule has 0 bridgehead atoms.